The van der Waals surface area contributed by atoms with E-state index in [-0.39, 0.29) is 46.7 Å². The van der Waals surface area contributed by atoms with Crippen molar-refractivity contribution in [1.82, 2.24) is 20.0 Å². The van der Waals surface area contributed by atoms with Crippen LogP contribution < -0.4 is 26.0 Å². The molecule has 1 fully saturated rings. The number of carbonyl (C=O) groups excluding carboxylic acids is 2. The van der Waals surface area contributed by atoms with Gasteiger partial charge in [-0.25, -0.2) is 13.2 Å². The lowest BCUT2D eigenvalue weighted by atomic mass is 10.1. The van der Waals surface area contributed by atoms with Gasteiger partial charge in [0.2, 0.25) is 18.0 Å². The van der Waals surface area contributed by atoms with Gasteiger partial charge in [0.1, 0.15) is 24.6 Å². The Morgan fingerprint density at radius 1 is 1.02 bits per heavy atom. The molecule has 60 heavy (non-hydrogen) atoms. The van der Waals surface area contributed by atoms with Crippen molar-refractivity contribution in [2.75, 3.05) is 18.5 Å². The number of nitrogens with zero attached hydrogens (tertiary/aromatic N) is 4. The Labute approximate surface area is 351 Å². The lowest BCUT2D eigenvalue weighted by molar-refractivity contribution is -0.832. The molecular formula is C38H58F2N6O11SSi2. The topological polar surface area (TPSA) is 217 Å². The molecular weight excluding hydrogens is 843 g/mol. The number of ether oxygens (including phenoxy) is 2. The summed E-state index contributed by atoms with van der Waals surface area (Å²) in [6.07, 6.45) is -3.62. The van der Waals surface area contributed by atoms with Crippen molar-refractivity contribution < 1.29 is 54.6 Å². The molecule has 0 saturated carbocycles. The first-order valence-corrected chi connectivity index (χ1v) is 27.0. The molecule has 2 amide bonds. The highest BCUT2D eigenvalue weighted by molar-refractivity contribution is 7.91. The number of carbonyl (C=O) groups is 2. The lowest BCUT2D eigenvalue weighted by Crippen LogP contribution is -2.53. The maximum atomic E-state index is 16.4. The molecule has 4 atom stereocenters. The third-order valence-electron chi connectivity index (χ3n) is 11.2. The Bertz CT molecular complexity index is 2140. The van der Waals surface area contributed by atoms with Crippen LogP contribution in [0.15, 0.2) is 61.9 Å². The fraction of sp³-hybridized carbons (Fsp3) is 0.632. The Morgan fingerprint density at radius 2 is 1.63 bits per heavy atom. The number of hydrogen-bond donors (Lipinski definition) is 2. The Kier molecular flexibility index (Phi) is 15.0. The van der Waals surface area contributed by atoms with Crippen LogP contribution >= 0.6 is 0 Å². The second-order valence-electron chi connectivity index (χ2n) is 17.8. The average molecular weight is 901 g/mol. The van der Waals surface area contributed by atoms with Gasteiger partial charge in [-0.15, -0.1) is 0 Å². The predicted octanol–water partition coefficient (Wildman–Crippen LogP) is 5.73. The summed E-state index contributed by atoms with van der Waals surface area (Å²) >= 11 is 0. The molecule has 3 heterocycles. The molecule has 22 heteroatoms. The SMILES string of the molecule is CCCC(COc1no[n+]([O-])c1S(=O)(=O)c1ccccc1)NC(=O)CCC(=O)Nc1ccn([C@@H]2O[C@H](CO[Si](C)(C)C(C)(C)C)[C@@H](O[Si](C)(C)C(C)(C)C)C2(F)F)c(=O)n1. The summed E-state index contributed by atoms with van der Waals surface area (Å²) in [6, 6.07) is 7.66. The Balaban J connectivity index is 1.40. The zero-order valence-electron chi connectivity index (χ0n) is 36.0. The number of alkyl halides is 2. The molecule has 17 nitrogen and oxygen atoms in total. The maximum Gasteiger partial charge on any atom is 0.415 e. The molecule has 3 aromatic rings. The number of anilines is 1. The molecule has 2 N–H and O–H groups in total. The van der Waals surface area contributed by atoms with E-state index < -0.39 is 90.3 Å². The number of nitrogens with one attached hydrogen (secondary N) is 2. The standard InChI is InChI=1S/C38H58F2N6O11SSi2/c1-12-16-25(23-53-32-33(46(50)57-44-32)58(51,52)26-17-14-13-15-18-26)41-29(47)19-20-30(48)42-28-21-22-45(35(49)43-28)34-38(39,40)31(56-60(10,11)37(5,6)7)27(55-34)24-54-59(8,9)36(2,3)4/h13-15,17-18,21-22,25,27,31,34H,12,16,19-20,23-24H2,1-11H3,(H,41,47)(H,42,43,48,49)/t25?,27-,31-,34-/m1/s1. The first-order chi connectivity index (χ1) is 27.6. The van der Waals surface area contributed by atoms with Crippen molar-refractivity contribution in [1.29, 1.82) is 0 Å². The molecule has 0 aliphatic carbocycles. The Morgan fingerprint density at radius 3 is 2.22 bits per heavy atom. The van der Waals surface area contributed by atoms with Crippen LogP contribution in [0.2, 0.25) is 36.3 Å². The molecule has 2 aromatic heterocycles. The van der Waals surface area contributed by atoms with Crippen LogP contribution in [0.3, 0.4) is 0 Å². The van der Waals surface area contributed by atoms with Crippen LogP contribution in [0.5, 0.6) is 5.88 Å². The minimum Gasteiger partial charge on any atom is -0.452 e. The van der Waals surface area contributed by atoms with Crippen molar-refractivity contribution in [2.45, 2.75) is 151 Å². The summed E-state index contributed by atoms with van der Waals surface area (Å²) in [5, 5.41) is 19.3. The summed E-state index contributed by atoms with van der Waals surface area (Å²) in [4.78, 5) is 42.3. The van der Waals surface area contributed by atoms with Crippen LogP contribution in [-0.2, 0) is 33.0 Å². The van der Waals surface area contributed by atoms with Crippen LogP contribution in [0, 0.1) is 5.21 Å². The van der Waals surface area contributed by atoms with Crippen LogP contribution in [0.1, 0.15) is 80.4 Å². The molecule has 0 bridgehead atoms. The van der Waals surface area contributed by atoms with E-state index in [1.54, 1.807) is 6.07 Å². The number of amides is 2. The zero-order valence-corrected chi connectivity index (χ0v) is 38.9. The van der Waals surface area contributed by atoms with Gasteiger partial charge < -0.3 is 34.2 Å². The van der Waals surface area contributed by atoms with Crippen molar-refractivity contribution in [3.05, 3.63) is 58.3 Å². The number of hydrogen-bond acceptors (Lipinski definition) is 13. The van der Waals surface area contributed by atoms with Gasteiger partial charge in [-0.3, -0.25) is 18.8 Å². The third kappa shape index (κ3) is 11.2. The zero-order chi connectivity index (χ0) is 45.1. The van der Waals surface area contributed by atoms with Gasteiger partial charge in [-0.2, -0.15) is 13.8 Å². The molecule has 334 valence electrons. The summed E-state index contributed by atoms with van der Waals surface area (Å²) in [5.41, 5.74) is -1.11. The molecule has 1 unspecified atom stereocenters. The van der Waals surface area contributed by atoms with Crippen molar-refractivity contribution in [3.63, 3.8) is 0 Å². The van der Waals surface area contributed by atoms with Gasteiger partial charge in [0.25, 0.3) is 9.84 Å². The van der Waals surface area contributed by atoms with Crippen LogP contribution in [-0.4, -0.2) is 89.0 Å². The van der Waals surface area contributed by atoms with Crippen molar-refractivity contribution in [3.8, 4) is 5.88 Å². The van der Waals surface area contributed by atoms with E-state index in [0.717, 1.165) is 6.20 Å². The van der Waals surface area contributed by atoms with Gasteiger partial charge in [0, 0.05) is 19.0 Å². The fourth-order valence-electron chi connectivity index (χ4n) is 5.61. The van der Waals surface area contributed by atoms with E-state index >= 15 is 8.78 Å². The molecule has 0 radical (unpaired) electrons. The number of halogens is 2. The average Bonchev–Trinajstić information content (AvgIpc) is 3.63. The first-order valence-electron chi connectivity index (χ1n) is 19.7. The highest BCUT2D eigenvalue weighted by Crippen LogP contribution is 2.48. The van der Waals surface area contributed by atoms with Gasteiger partial charge in [-0.05, 0) is 65.8 Å². The summed E-state index contributed by atoms with van der Waals surface area (Å²) in [7, 11) is -9.53. The van der Waals surface area contributed by atoms with Gasteiger partial charge >= 0.3 is 22.5 Å². The first kappa shape index (κ1) is 48.6. The summed E-state index contributed by atoms with van der Waals surface area (Å²) in [6.45, 7) is 21.0. The second kappa shape index (κ2) is 18.5. The molecule has 1 aliphatic rings. The number of rotatable bonds is 18. The van der Waals surface area contributed by atoms with Gasteiger partial charge in [0.15, 0.2) is 16.6 Å². The summed E-state index contributed by atoms with van der Waals surface area (Å²) in [5.74, 6) is -5.73. The molecule has 1 aromatic carbocycles. The molecule has 4 rings (SSSR count). The van der Waals surface area contributed by atoms with E-state index in [9.17, 15) is 28.0 Å². The predicted molar refractivity (Wildman–Crippen MR) is 220 cm³/mol. The quantitative estimate of drug-likeness (QED) is 0.115. The van der Waals surface area contributed by atoms with Gasteiger partial charge in [0.05, 0.1) is 22.7 Å². The third-order valence-corrected chi connectivity index (χ3v) is 21.9. The molecule has 1 saturated heterocycles. The monoisotopic (exact) mass is 900 g/mol. The largest absolute Gasteiger partial charge is 0.452 e. The van der Waals surface area contributed by atoms with E-state index in [4.69, 9.17) is 18.3 Å². The minimum atomic E-state index is -4.36. The fourth-order valence-corrected chi connectivity index (χ4v) is 9.21. The van der Waals surface area contributed by atoms with Gasteiger partial charge in [-0.1, -0.05) is 73.1 Å². The normalized spacial score (nSPS) is 19.2. The Hall–Kier alpha value is -4.10. The van der Waals surface area contributed by atoms with E-state index in [2.05, 4.69) is 25.4 Å². The highest BCUT2D eigenvalue weighted by atomic mass is 32.2. The van der Waals surface area contributed by atoms with E-state index in [1.165, 1.54) is 30.3 Å². The molecule has 0 spiro atoms. The summed E-state index contributed by atoms with van der Waals surface area (Å²) < 4.78 is 88.2. The highest BCUT2D eigenvalue weighted by Gasteiger charge is 2.63. The second-order valence-corrected chi connectivity index (χ2v) is 29.3. The molecule has 1 aliphatic heterocycles. The van der Waals surface area contributed by atoms with Crippen molar-refractivity contribution in [2.24, 2.45) is 0 Å². The number of benzene rings is 1. The lowest BCUT2D eigenvalue weighted by Gasteiger charge is -2.41. The minimum absolute atomic E-state index is 0.166. The van der Waals surface area contributed by atoms with Crippen LogP contribution in [0.25, 0.3) is 0 Å². The number of sulfone groups is 1. The smallest absolute Gasteiger partial charge is 0.415 e. The number of aromatic nitrogens is 4. The van der Waals surface area contributed by atoms with Crippen molar-refractivity contribution >= 4 is 44.1 Å². The van der Waals surface area contributed by atoms with E-state index in [0.29, 0.717) is 17.4 Å². The van der Waals surface area contributed by atoms with Crippen LogP contribution in [0.4, 0.5) is 14.6 Å². The maximum absolute atomic E-state index is 16.4. The van der Waals surface area contributed by atoms with E-state index in [1.807, 2.05) is 74.7 Å².